The number of rotatable bonds is 5. The molecule has 0 spiro atoms. The number of aliphatic hydroxyl groups is 1. The van der Waals surface area contributed by atoms with E-state index in [1.165, 1.54) is 11.3 Å². The van der Waals surface area contributed by atoms with Gasteiger partial charge in [0.2, 0.25) is 5.91 Å². The summed E-state index contributed by atoms with van der Waals surface area (Å²) < 4.78 is 1.25. The number of aromatic nitrogens is 1. The van der Waals surface area contributed by atoms with E-state index in [4.69, 9.17) is 28.3 Å². The molecule has 1 aromatic carbocycles. The van der Waals surface area contributed by atoms with E-state index in [1.54, 1.807) is 11.0 Å². The molecule has 28 heavy (non-hydrogen) atoms. The van der Waals surface area contributed by atoms with Crippen LogP contribution in [0.15, 0.2) is 30.3 Å². The lowest BCUT2D eigenvalue weighted by Crippen LogP contribution is -2.53. The maximum absolute atomic E-state index is 13.0. The molecule has 1 unspecified atom stereocenters. The van der Waals surface area contributed by atoms with Gasteiger partial charge >= 0.3 is 0 Å². The van der Waals surface area contributed by atoms with Gasteiger partial charge in [-0.25, -0.2) is 0 Å². The lowest BCUT2D eigenvalue weighted by molar-refractivity contribution is -0.120. The Kier molecular flexibility index (Phi) is 5.33. The molecular formula is C19H17Cl2N3O3S. The van der Waals surface area contributed by atoms with Crippen molar-refractivity contribution in [1.82, 2.24) is 10.3 Å². The minimum Gasteiger partial charge on any atom is -0.396 e. The van der Waals surface area contributed by atoms with Crippen LogP contribution in [0.2, 0.25) is 9.36 Å². The topological polar surface area (TPSA) is 85.4 Å². The number of nitrogens with one attached hydrogen (secondary N) is 2. The van der Waals surface area contributed by atoms with Crippen LogP contribution < -0.4 is 10.2 Å². The fraction of sp³-hybridized carbons (Fsp3) is 0.263. The summed E-state index contributed by atoms with van der Waals surface area (Å²) in [4.78, 5) is 30.3. The molecule has 0 saturated heterocycles. The molecule has 1 aliphatic rings. The summed E-state index contributed by atoms with van der Waals surface area (Å²) >= 11 is 13.4. The maximum atomic E-state index is 13.0. The second-order valence-electron chi connectivity index (χ2n) is 6.54. The number of aliphatic hydroxyl groups excluding tert-OH is 1. The zero-order chi connectivity index (χ0) is 19.8. The smallest absolute Gasteiger partial charge is 0.268 e. The Labute approximate surface area is 175 Å². The molecule has 0 radical (unpaired) electrons. The van der Waals surface area contributed by atoms with Gasteiger partial charge in [0.15, 0.2) is 0 Å². The van der Waals surface area contributed by atoms with Gasteiger partial charge in [-0.3, -0.25) is 9.59 Å². The van der Waals surface area contributed by atoms with Crippen molar-refractivity contribution in [2.24, 2.45) is 0 Å². The number of benzene rings is 1. The Bertz CT molecular complexity index is 1060. The third-order valence-corrected chi connectivity index (χ3v) is 6.67. The van der Waals surface area contributed by atoms with Crippen molar-refractivity contribution >= 4 is 62.3 Å². The van der Waals surface area contributed by atoms with Crippen molar-refractivity contribution in [3.8, 4) is 0 Å². The van der Waals surface area contributed by atoms with Gasteiger partial charge in [0, 0.05) is 25.3 Å². The van der Waals surface area contributed by atoms with Gasteiger partial charge in [-0.1, -0.05) is 41.4 Å². The fourth-order valence-corrected chi connectivity index (χ4v) is 4.89. The monoisotopic (exact) mass is 437 g/mol. The molecule has 146 valence electrons. The second-order valence-corrected chi connectivity index (χ2v) is 8.57. The number of carbonyl (C=O) groups is 2. The van der Waals surface area contributed by atoms with E-state index >= 15 is 0 Å². The van der Waals surface area contributed by atoms with E-state index in [9.17, 15) is 9.59 Å². The Balaban J connectivity index is 1.57. The van der Waals surface area contributed by atoms with Gasteiger partial charge in [0.25, 0.3) is 5.91 Å². The van der Waals surface area contributed by atoms with Crippen molar-refractivity contribution in [2.75, 3.05) is 18.1 Å². The number of aromatic amines is 1. The lowest BCUT2D eigenvalue weighted by Gasteiger charge is -2.34. The molecule has 3 heterocycles. The molecule has 3 aromatic rings. The first-order chi connectivity index (χ1) is 13.5. The summed E-state index contributed by atoms with van der Waals surface area (Å²) in [6.07, 6.45) is 0.880. The van der Waals surface area contributed by atoms with Crippen LogP contribution in [0.1, 0.15) is 22.5 Å². The standard InChI is InChI=1S/C19H17Cl2N3O3S/c20-15-16-14(28-17(15)21)9-11(22-16)18(26)23-12-8-10-4-1-2-5-13(10)24(19(12)27)6-3-7-25/h1-2,4-5,9,12,22,25H,3,6-8H2,(H,23,26). The lowest BCUT2D eigenvalue weighted by atomic mass is 9.96. The Morgan fingerprint density at radius 1 is 1.36 bits per heavy atom. The predicted molar refractivity (Wildman–Crippen MR) is 112 cm³/mol. The van der Waals surface area contributed by atoms with Crippen molar-refractivity contribution in [2.45, 2.75) is 18.9 Å². The number of thiophene rings is 1. The van der Waals surface area contributed by atoms with Crippen LogP contribution in [-0.2, 0) is 11.2 Å². The molecule has 2 amide bonds. The van der Waals surface area contributed by atoms with E-state index in [-0.39, 0.29) is 18.4 Å². The van der Waals surface area contributed by atoms with Crippen LogP contribution in [0.4, 0.5) is 5.69 Å². The molecule has 1 aliphatic heterocycles. The van der Waals surface area contributed by atoms with Crippen LogP contribution >= 0.6 is 34.5 Å². The zero-order valence-electron chi connectivity index (χ0n) is 14.7. The number of halogens is 2. The Hall–Kier alpha value is -2.06. The summed E-state index contributed by atoms with van der Waals surface area (Å²) in [5, 5.41) is 12.4. The van der Waals surface area contributed by atoms with Crippen molar-refractivity contribution in [3.63, 3.8) is 0 Å². The average molecular weight is 438 g/mol. The number of amides is 2. The van der Waals surface area contributed by atoms with E-state index in [1.807, 2.05) is 24.3 Å². The molecular weight excluding hydrogens is 421 g/mol. The largest absolute Gasteiger partial charge is 0.396 e. The first-order valence-corrected chi connectivity index (χ1v) is 10.3. The summed E-state index contributed by atoms with van der Waals surface area (Å²) in [6, 6.07) is 8.60. The highest BCUT2D eigenvalue weighted by Crippen LogP contribution is 2.39. The molecule has 9 heteroatoms. The van der Waals surface area contributed by atoms with Gasteiger partial charge in [0.05, 0.1) is 15.2 Å². The number of carbonyl (C=O) groups excluding carboxylic acids is 2. The Morgan fingerprint density at radius 2 is 2.14 bits per heavy atom. The van der Waals surface area contributed by atoms with E-state index in [0.717, 1.165) is 16.0 Å². The van der Waals surface area contributed by atoms with Crippen LogP contribution in [0, 0.1) is 0 Å². The number of anilines is 1. The summed E-state index contributed by atoms with van der Waals surface area (Å²) in [7, 11) is 0. The second kappa shape index (κ2) is 7.75. The number of para-hydroxylation sites is 1. The van der Waals surface area contributed by atoms with Gasteiger partial charge in [-0.15, -0.1) is 11.3 Å². The van der Waals surface area contributed by atoms with Crippen LogP contribution in [0.5, 0.6) is 0 Å². The zero-order valence-corrected chi connectivity index (χ0v) is 17.0. The predicted octanol–water partition coefficient (Wildman–Crippen LogP) is 3.61. The molecule has 0 fully saturated rings. The normalized spacial score (nSPS) is 16.5. The van der Waals surface area contributed by atoms with E-state index in [2.05, 4.69) is 10.3 Å². The number of fused-ring (bicyclic) bond motifs is 2. The molecule has 0 saturated carbocycles. The fourth-order valence-electron chi connectivity index (χ4n) is 3.41. The number of H-pyrrole nitrogens is 1. The SMILES string of the molecule is O=C(NC1Cc2ccccc2N(CCCO)C1=O)c1cc2sc(Cl)c(Cl)c2[nH]1. The average Bonchev–Trinajstić information content (AvgIpc) is 3.21. The minimum atomic E-state index is -0.679. The number of hydrogen-bond acceptors (Lipinski definition) is 4. The molecule has 3 N–H and O–H groups in total. The molecule has 0 aliphatic carbocycles. The van der Waals surface area contributed by atoms with Crippen molar-refractivity contribution < 1.29 is 14.7 Å². The molecule has 4 rings (SSSR count). The first-order valence-electron chi connectivity index (χ1n) is 8.77. The van der Waals surface area contributed by atoms with Crippen molar-refractivity contribution in [1.29, 1.82) is 0 Å². The van der Waals surface area contributed by atoms with E-state index in [0.29, 0.717) is 40.0 Å². The van der Waals surface area contributed by atoms with Crippen molar-refractivity contribution in [3.05, 3.63) is 50.9 Å². The highest BCUT2D eigenvalue weighted by molar-refractivity contribution is 7.23. The minimum absolute atomic E-state index is 0.00843. The molecule has 6 nitrogen and oxygen atoms in total. The van der Waals surface area contributed by atoms with Gasteiger partial charge in [-0.05, 0) is 24.1 Å². The van der Waals surface area contributed by atoms with Gasteiger partial charge < -0.3 is 20.3 Å². The summed E-state index contributed by atoms with van der Waals surface area (Å²) in [5.41, 5.74) is 2.75. The van der Waals surface area contributed by atoms with Crippen LogP contribution in [-0.4, -0.2) is 41.1 Å². The number of hydrogen-bond donors (Lipinski definition) is 3. The maximum Gasteiger partial charge on any atom is 0.268 e. The quantitative estimate of drug-likeness (QED) is 0.569. The summed E-state index contributed by atoms with van der Waals surface area (Å²) in [6.45, 7) is 0.385. The molecule has 2 aromatic heterocycles. The Morgan fingerprint density at radius 3 is 2.89 bits per heavy atom. The van der Waals surface area contributed by atoms with Gasteiger partial charge in [0.1, 0.15) is 16.1 Å². The van der Waals surface area contributed by atoms with Crippen LogP contribution in [0.3, 0.4) is 0 Å². The molecule has 1 atom stereocenters. The van der Waals surface area contributed by atoms with Crippen LogP contribution in [0.25, 0.3) is 10.2 Å². The van der Waals surface area contributed by atoms with Gasteiger partial charge in [-0.2, -0.15) is 0 Å². The molecule has 0 bridgehead atoms. The first kappa shape index (κ1) is 19.3. The number of nitrogens with zero attached hydrogens (tertiary/aromatic N) is 1. The summed E-state index contributed by atoms with van der Waals surface area (Å²) in [5.74, 6) is -0.564. The highest BCUT2D eigenvalue weighted by atomic mass is 35.5. The van der Waals surface area contributed by atoms with E-state index < -0.39 is 6.04 Å². The third-order valence-electron chi connectivity index (χ3n) is 4.73. The third kappa shape index (κ3) is 3.39. The highest BCUT2D eigenvalue weighted by Gasteiger charge is 2.33.